The van der Waals surface area contributed by atoms with Crippen molar-refractivity contribution in [1.29, 1.82) is 0 Å². The van der Waals surface area contributed by atoms with Crippen LogP contribution in [0.2, 0.25) is 0 Å². The third-order valence-electron chi connectivity index (χ3n) is 1.19. The van der Waals surface area contributed by atoms with Crippen molar-refractivity contribution in [2.24, 2.45) is 0 Å². The first kappa shape index (κ1) is 20.6. The van der Waals surface area contributed by atoms with Crippen LogP contribution in [-0.4, -0.2) is 70.1 Å². The van der Waals surface area contributed by atoms with Crippen molar-refractivity contribution in [3.05, 3.63) is 0 Å². The van der Waals surface area contributed by atoms with E-state index in [-0.39, 0.29) is 29.6 Å². The van der Waals surface area contributed by atoms with Crippen molar-refractivity contribution >= 4 is 83.1 Å². The minimum absolute atomic E-state index is 0. The molecule has 0 fully saturated rings. The van der Waals surface area contributed by atoms with Crippen LogP contribution in [0, 0.1) is 0 Å². The molecule has 0 saturated carbocycles. The maximum absolute atomic E-state index is 10.3. The molecule has 0 amide bonds. The summed E-state index contributed by atoms with van der Waals surface area (Å²) in [6, 6.07) is 0. The zero-order chi connectivity index (χ0) is 11.5. The summed E-state index contributed by atoms with van der Waals surface area (Å²) in [5.41, 5.74) is 0. The molecule has 0 aromatic carbocycles. The SMILES string of the molecule is O=S(O)CCCSSSCCCS(=O)O.[Na]. The molecule has 0 aromatic heterocycles. The van der Waals surface area contributed by atoms with Gasteiger partial charge in [-0.05, 0) is 22.7 Å². The molecule has 0 aliphatic heterocycles. The van der Waals surface area contributed by atoms with Gasteiger partial charge in [-0.3, -0.25) is 0 Å². The van der Waals surface area contributed by atoms with Gasteiger partial charge >= 0.3 is 0 Å². The molecule has 4 nitrogen and oxygen atoms in total. The standard InChI is InChI=1S/C6H14O4S5.Na/c7-14(8)5-1-3-11-13-12-4-2-6-15(9)10;/h1-6H2,(H,7,8)(H,9,10);. The van der Waals surface area contributed by atoms with E-state index in [0.29, 0.717) is 11.5 Å². The van der Waals surface area contributed by atoms with Gasteiger partial charge in [-0.2, -0.15) is 0 Å². The molecule has 2 N–H and O–H groups in total. The summed E-state index contributed by atoms with van der Waals surface area (Å²) in [7, 11) is 4.93. The number of hydrogen-bond acceptors (Lipinski definition) is 5. The van der Waals surface area contributed by atoms with Crippen molar-refractivity contribution in [3.63, 3.8) is 0 Å². The summed E-state index contributed by atoms with van der Waals surface area (Å²) in [5.74, 6) is 2.38. The van der Waals surface area contributed by atoms with Gasteiger partial charge in [-0.1, -0.05) is 21.6 Å². The fourth-order valence-corrected chi connectivity index (χ4v) is 5.62. The van der Waals surface area contributed by atoms with E-state index >= 15 is 0 Å². The molecular formula is C6H14NaO4S5. The van der Waals surface area contributed by atoms with E-state index in [1.54, 1.807) is 31.4 Å². The largest absolute Gasteiger partial charge is 0.306 e. The van der Waals surface area contributed by atoms with Gasteiger partial charge in [0.25, 0.3) is 0 Å². The first-order valence-electron chi connectivity index (χ1n) is 4.19. The summed E-state index contributed by atoms with van der Waals surface area (Å²) in [4.78, 5) is 0. The molecule has 93 valence electrons. The van der Waals surface area contributed by atoms with E-state index in [4.69, 9.17) is 9.11 Å². The Morgan fingerprint density at radius 1 is 0.875 bits per heavy atom. The maximum Gasteiger partial charge on any atom is 0.152 e. The third-order valence-corrected chi connectivity index (χ3v) is 6.88. The minimum Gasteiger partial charge on any atom is -0.306 e. The van der Waals surface area contributed by atoms with Crippen LogP contribution in [0.4, 0.5) is 0 Å². The Bertz CT molecular complexity index is 185. The van der Waals surface area contributed by atoms with Gasteiger partial charge in [-0.15, -0.1) is 0 Å². The Morgan fingerprint density at radius 2 is 1.25 bits per heavy atom. The van der Waals surface area contributed by atoms with Crippen LogP contribution in [0.1, 0.15) is 12.8 Å². The summed E-state index contributed by atoms with van der Waals surface area (Å²) in [6.07, 6.45) is 1.48. The molecule has 10 heteroatoms. The number of hydrogen-bond donors (Lipinski definition) is 2. The van der Waals surface area contributed by atoms with Crippen LogP contribution < -0.4 is 0 Å². The van der Waals surface area contributed by atoms with Gasteiger partial charge in [0, 0.05) is 41.1 Å². The van der Waals surface area contributed by atoms with Gasteiger partial charge in [0.15, 0.2) is 22.2 Å². The van der Waals surface area contributed by atoms with E-state index < -0.39 is 22.2 Å². The van der Waals surface area contributed by atoms with Gasteiger partial charge in [0.2, 0.25) is 0 Å². The normalized spacial score (nSPS) is 14.1. The second-order valence-electron chi connectivity index (χ2n) is 2.47. The molecule has 0 bridgehead atoms. The van der Waals surface area contributed by atoms with E-state index in [0.717, 1.165) is 24.3 Å². The Morgan fingerprint density at radius 3 is 1.56 bits per heavy atom. The van der Waals surface area contributed by atoms with Crippen molar-refractivity contribution < 1.29 is 17.5 Å². The Balaban J connectivity index is 0. The van der Waals surface area contributed by atoms with E-state index in [1.807, 2.05) is 0 Å². The van der Waals surface area contributed by atoms with Crippen molar-refractivity contribution in [2.45, 2.75) is 12.8 Å². The van der Waals surface area contributed by atoms with E-state index in [9.17, 15) is 8.42 Å². The molecule has 0 saturated heterocycles. The zero-order valence-electron chi connectivity index (χ0n) is 8.99. The Hall–Kier alpha value is 2.27. The summed E-state index contributed by atoms with van der Waals surface area (Å²) in [6.45, 7) is 0. The molecule has 2 unspecified atom stereocenters. The molecule has 0 spiro atoms. The minimum atomic E-state index is -1.67. The Labute approximate surface area is 135 Å². The zero-order valence-corrected chi connectivity index (χ0v) is 15.1. The molecule has 1 radical (unpaired) electrons. The second-order valence-corrected chi connectivity index (χ2v) is 9.04. The monoisotopic (exact) mass is 333 g/mol. The number of rotatable bonds is 10. The second kappa shape index (κ2) is 15.3. The van der Waals surface area contributed by atoms with Crippen LogP contribution >= 0.6 is 31.4 Å². The smallest absolute Gasteiger partial charge is 0.152 e. The molecular weight excluding hydrogens is 319 g/mol. The molecule has 0 aromatic rings. The van der Waals surface area contributed by atoms with Gasteiger partial charge in [0.1, 0.15) is 0 Å². The molecule has 2 atom stereocenters. The Kier molecular flexibility index (Phi) is 19.7. The average molecular weight is 333 g/mol. The topological polar surface area (TPSA) is 74.6 Å². The molecule has 0 aliphatic carbocycles. The predicted octanol–water partition coefficient (Wildman–Crippen LogP) is 1.86. The maximum atomic E-state index is 10.3. The predicted molar refractivity (Wildman–Crippen MR) is 78.8 cm³/mol. The van der Waals surface area contributed by atoms with Crippen molar-refractivity contribution in [1.82, 2.24) is 0 Å². The van der Waals surface area contributed by atoms with Crippen LogP contribution in [-0.2, 0) is 22.2 Å². The van der Waals surface area contributed by atoms with Gasteiger partial charge in [-0.25, -0.2) is 8.42 Å². The van der Waals surface area contributed by atoms with E-state index in [2.05, 4.69) is 0 Å². The van der Waals surface area contributed by atoms with Gasteiger partial charge in [0.05, 0.1) is 11.5 Å². The third kappa shape index (κ3) is 18.6. The summed E-state index contributed by atoms with van der Waals surface area (Å²) < 4.78 is 37.5. The van der Waals surface area contributed by atoms with Crippen LogP contribution in [0.25, 0.3) is 0 Å². The molecule has 0 rings (SSSR count). The van der Waals surface area contributed by atoms with Gasteiger partial charge < -0.3 is 9.11 Å². The van der Waals surface area contributed by atoms with Crippen LogP contribution in [0.3, 0.4) is 0 Å². The molecule has 0 heterocycles. The van der Waals surface area contributed by atoms with Crippen LogP contribution in [0.5, 0.6) is 0 Å². The fraction of sp³-hybridized carbons (Fsp3) is 1.00. The molecule has 16 heavy (non-hydrogen) atoms. The summed E-state index contributed by atoms with van der Waals surface area (Å²) >= 11 is -3.34. The quantitative estimate of drug-likeness (QED) is 0.273. The molecule has 0 aliphatic rings. The fourth-order valence-electron chi connectivity index (χ4n) is 0.585. The van der Waals surface area contributed by atoms with Crippen LogP contribution in [0.15, 0.2) is 0 Å². The average Bonchev–Trinajstić information content (AvgIpc) is 2.14. The van der Waals surface area contributed by atoms with Crippen molar-refractivity contribution in [3.8, 4) is 0 Å². The first-order valence-corrected chi connectivity index (χ1v) is 10.6. The summed E-state index contributed by atoms with van der Waals surface area (Å²) in [5, 5.41) is 0. The first-order chi connectivity index (χ1) is 7.13. The van der Waals surface area contributed by atoms with Crippen molar-refractivity contribution in [2.75, 3.05) is 23.0 Å². The van der Waals surface area contributed by atoms with E-state index in [1.165, 1.54) is 0 Å².